The van der Waals surface area contributed by atoms with E-state index >= 15 is 0 Å². The van der Waals surface area contributed by atoms with Gasteiger partial charge in [0.25, 0.3) is 11.8 Å². The van der Waals surface area contributed by atoms with Crippen LogP contribution >= 0.6 is 11.3 Å². The molecule has 0 spiro atoms. The molecular weight excluding hydrogens is 416 g/mol. The fourth-order valence-corrected chi connectivity index (χ4v) is 3.63. The predicted molar refractivity (Wildman–Crippen MR) is 116 cm³/mol. The van der Waals surface area contributed by atoms with Gasteiger partial charge in [-0.25, -0.2) is 0 Å². The smallest absolute Gasteiger partial charge is 0.291 e. The molecule has 0 aliphatic heterocycles. The summed E-state index contributed by atoms with van der Waals surface area (Å²) in [6, 6.07) is 17.6. The van der Waals surface area contributed by atoms with E-state index < -0.39 is 0 Å². The maximum atomic E-state index is 12.9. The van der Waals surface area contributed by atoms with E-state index in [2.05, 4.69) is 5.32 Å². The van der Waals surface area contributed by atoms with Gasteiger partial charge in [0.1, 0.15) is 11.5 Å². The monoisotopic (exact) mass is 436 g/mol. The fourth-order valence-electron chi connectivity index (χ4n) is 2.91. The van der Waals surface area contributed by atoms with Gasteiger partial charge in [0.2, 0.25) is 0 Å². The Morgan fingerprint density at radius 1 is 0.968 bits per heavy atom. The molecule has 3 heterocycles. The summed E-state index contributed by atoms with van der Waals surface area (Å²) in [5.41, 5.74) is 0.539. The summed E-state index contributed by atoms with van der Waals surface area (Å²) < 4.78 is 16.2. The topological polar surface area (TPSA) is 84.9 Å². The highest BCUT2D eigenvalue weighted by molar-refractivity contribution is 7.09. The highest BCUT2D eigenvalue weighted by Crippen LogP contribution is 2.19. The van der Waals surface area contributed by atoms with E-state index in [1.807, 2.05) is 23.6 Å². The molecule has 7 nitrogen and oxygen atoms in total. The van der Waals surface area contributed by atoms with Gasteiger partial charge in [-0.2, -0.15) is 0 Å². The van der Waals surface area contributed by atoms with Crippen molar-refractivity contribution in [3.63, 3.8) is 0 Å². The molecule has 158 valence electrons. The number of nitrogens with one attached hydrogen (secondary N) is 1. The van der Waals surface area contributed by atoms with E-state index in [4.69, 9.17) is 13.6 Å². The SMILES string of the molecule is O=C(Nc1cccc(OCC(=O)N(Cc2ccco2)Cc2cccs2)c1)c1ccco1. The van der Waals surface area contributed by atoms with Gasteiger partial charge in [-0.1, -0.05) is 12.1 Å². The zero-order chi connectivity index (χ0) is 21.5. The zero-order valence-electron chi connectivity index (χ0n) is 16.5. The number of rotatable bonds is 9. The first-order valence-electron chi connectivity index (χ1n) is 9.57. The molecule has 1 N–H and O–H groups in total. The fraction of sp³-hybridized carbons (Fsp3) is 0.130. The average Bonchev–Trinajstić information content (AvgIpc) is 3.55. The number of carbonyl (C=O) groups excluding carboxylic acids is 2. The summed E-state index contributed by atoms with van der Waals surface area (Å²) in [7, 11) is 0. The second-order valence-corrected chi connectivity index (χ2v) is 7.69. The van der Waals surface area contributed by atoms with E-state index in [-0.39, 0.29) is 24.2 Å². The van der Waals surface area contributed by atoms with Crippen molar-refractivity contribution >= 4 is 28.8 Å². The molecule has 0 aliphatic carbocycles. The van der Waals surface area contributed by atoms with Gasteiger partial charge in [0.15, 0.2) is 12.4 Å². The van der Waals surface area contributed by atoms with Crippen LogP contribution in [0.25, 0.3) is 0 Å². The average molecular weight is 436 g/mol. The number of hydrogen-bond donors (Lipinski definition) is 1. The Morgan fingerprint density at radius 2 is 1.84 bits per heavy atom. The van der Waals surface area contributed by atoms with E-state index in [0.29, 0.717) is 30.3 Å². The summed E-state index contributed by atoms with van der Waals surface area (Å²) in [5, 5.41) is 4.71. The van der Waals surface area contributed by atoms with Crippen molar-refractivity contribution in [2.45, 2.75) is 13.1 Å². The number of benzene rings is 1. The number of hydrogen-bond acceptors (Lipinski definition) is 6. The maximum Gasteiger partial charge on any atom is 0.291 e. The van der Waals surface area contributed by atoms with E-state index in [9.17, 15) is 9.59 Å². The number of amides is 2. The van der Waals surface area contributed by atoms with Crippen molar-refractivity contribution in [2.75, 3.05) is 11.9 Å². The minimum absolute atomic E-state index is 0.137. The first kappa shape index (κ1) is 20.5. The van der Waals surface area contributed by atoms with Crippen LogP contribution < -0.4 is 10.1 Å². The maximum absolute atomic E-state index is 12.9. The summed E-state index contributed by atoms with van der Waals surface area (Å²) in [6.45, 7) is 0.688. The van der Waals surface area contributed by atoms with Crippen molar-refractivity contribution in [2.24, 2.45) is 0 Å². The molecule has 2 amide bonds. The number of furan rings is 2. The van der Waals surface area contributed by atoms with Crippen LogP contribution in [0.3, 0.4) is 0 Å². The molecule has 3 aromatic heterocycles. The number of anilines is 1. The third kappa shape index (κ3) is 5.64. The molecule has 8 heteroatoms. The van der Waals surface area contributed by atoms with Crippen LogP contribution in [0.4, 0.5) is 5.69 Å². The molecule has 0 saturated heterocycles. The first-order chi connectivity index (χ1) is 15.2. The van der Waals surface area contributed by atoms with E-state index in [0.717, 1.165) is 4.88 Å². The molecule has 0 saturated carbocycles. The van der Waals surface area contributed by atoms with Crippen molar-refractivity contribution in [1.29, 1.82) is 0 Å². The summed E-state index contributed by atoms with van der Waals surface area (Å²) in [4.78, 5) is 27.8. The van der Waals surface area contributed by atoms with E-state index in [1.54, 1.807) is 65.0 Å². The normalized spacial score (nSPS) is 10.6. The Labute approximate surface area is 182 Å². The molecule has 0 unspecified atom stereocenters. The minimum atomic E-state index is -0.362. The minimum Gasteiger partial charge on any atom is -0.484 e. The Morgan fingerprint density at radius 3 is 2.58 bits per heavy atom. The van der Waals surface area contributed by atoms with Crippen LogP contribution in [0.2, 0.25) is 0 Å². The number of nitrogens with zero attached hydrogens (tertiary/aromatic N) is 1. The van der Waals surface area contributed by atoms with Crippen molar-refractivity contribution < 1.29 is 23.2 Å². The quantitative estimate of drug-likeness (QED) is 0.408. The first-order valence-corrected chi connectivity index (χ1v) is 10.5. The van der Waals surface area contributed by atoms with Gasteiger partial charge < -0.3 is 23.8 Å². The molecule has 4 rings (SSSR count). The molecule has 31 heavy (non-hydrogen) atoms. The standard InChI is InChI=1S/C23H20N2O5S/c26-22(25(14-19-7-2-10-28-19)15-20-8-4-12-31-20)16-30-18-6-1-5-17(13-18)24-23(27)21-9-3-11-29-21/h1-13H,14-16H2,(H,24,27). The van der Waals surface area contributed by atoms with Crippen LogP contribution in [0.1, 0.15) is 21.2 Å². The predicted octanol–water partition coefficient (Wildman–Crippen LogP) is 4.79. The van der Waals surface area contributed by atoms with Crippen LogP contribution in [-0.2, 0) is 17.9 Å². The summed E-state index contributed by atoms with van der Waals surface area (Å²) in [5.74, 6) is 0.851. The lowest BCUT2D eigenvalue weighted by Gasteiger charge is -2.21. The highest BCUT2D eigenvalue weighted by Gasteiger charge is 2.17. The lowest BCUT2D eigenvalue weighted by molar-refractivity contribution is -0.134. The van der Waals surface area contributed by atoms with Crippen LogP contribution in [0, 0.1) is 0 Å². The van der Waals surface area contributed by atoms with Gasteiger partial charge in [-0.15, -0.1) is 11.3 Å². The molecular formula is C23H20N2O5S. The molecule has 0 radical (unpaired) electrons. The van der Waals surface area contributed by atoms with Gasteiger partial charge in [0, 0.05) is 16.6 Å². The van der Waals surface area contributed by atoms with Crippen LogP contribution in [0.5, 0.6) is 5.75 Å². The highest BCUT2D eigenvalue weighted by atomic mass is 32.1. The van der Waals surface area contributed by atoms with Crippen molar-refractivity contribution in [3.05, 3.63) is 95.0 Å². The lowest BCUT2D eigenvalue weighted by atomic mass is 10.3. The molecule has 0 bridgehead atoms. The Balaban J connectivity index is 1.38. The largest absolute Gasteiger partial charge is 0.484 e. The second-order valence-electron chi connectivity index (χ2n) is 6.66. The number of carbonyl (C=O) groups is 2. The summed E-state index contributed by atoms with van der Waals surface area (Å²) >= 11 is 1.59. The van der Waals surface area contributed by atoms with Crippen molar-refractivity contribution in [3.8, 4) is 5.75 Å². The Bertz CT molecular complexity index is 1070. The number of ether oxygens (including phenoxy) is 1. The second kappa shape index (κ2) is 9.82. The van der Waals surface area contributed by atoms with Gasteiger partial charge >= 0.3 is 0 Å². The van der Waals surface area contributed by atoms with Crippen LogP contribution in [0.15, 0.2) is 87.4 Å². The molecule has 4 aromatic rings. The third-order valence-corrected chi connectivity index (χ3v) is 5.27. The Hall–Kier alpha value is -3.78. The lowest BCUT2D eigenvalue weighted by Crippen LogP contribution is -2.33. The molecule has 1 aromatic carbocycles. The van der Waals surface area contributed by atoms with Gasteiger partial charge in [0.05, 0.1) is 25.6 Å². The summed E-state index contributed by atoms with van der Waals surface area (Å²) in [6.07, 6.45) is 3.02. The van der Waals surface area contributed by atoms with Crippen LogP contribution in [-0.4, -0.2) is 23.3 Å². The third-order valence-electron chi connectivity index (χ3n) is 4.41. The number of thiophene rings is 1. The zero-order valence-corrected chi connectivity index (χ0v) is 17.3. The van der Waals surface area contributed by atoms with Gasteiger partial charge in [-0.3, -0.25) is 9.59 Å². The molecule has 0 aliphatic rings. The van der Waals surface area contributed by atoms with E-state index in [1.165, 1.54) is 6.26 Å². The Kier molecular flexibility index (Phi) is 6.49. The molecule has 0 atom stereocenters. The molecule has 0 fully saturated rings. The van der Waals surface area contributed by atoms with Gasteiger partial charge in [-0.05, 0) is 47.8 Å². The van der Waals surface area contributed by atoms with Crippen molar-refractivity contribution in [1.82, 2.24) is 4.90 Å².